The van der Waals surface area contributed by atoms with Gasteiger partial charge in [0.15, 0.2) is 0 Å². The highest BCUT2D eigenvalue weighted by atomic mass is 35.5. The number of halogens is 1. The van der Waals surface area contributed by atoms with Gasteiger partial charge in [-0.2, -0.15) is 4.72 Å². The van der Waals surface area contributed by atoms with Crippen LogP contribution in [0.2, 0.25) is 5.02 Å². The molecule has 0 fully saturated rings. The molecule has 1 aromatic carbocycles. The van der Waals surface area contributed by atoms with E-state index < -0.39 is 15.6 Å². The first kappa shape index (κ1) is 15.0. The smallest absolute Gasteiger partial charge is 0.241 e. The Kier molecular flexibility index (Phi) is 4.13. The Bertz CT molecular complexity index is 700. The van der Waals surface area contributed by atoms with Crippen molar-refractivity contribution in [2.75, 3.05) is 0 Å². The van der Waals surface area contributed by atoms with Gasteiger partial charge >= 0.3 is 0 Å². The summed E-state index contributed by atoms with van der Waals surface area (Å²) in [6.45, 7) is 3.52. The summed E-state index contributed by atoms with van der Waals surface area (Å²) in [7, 11) is -3.66. The fourth-order valence-electron chi connectivity index (χ4n) is 1.81. The Hall–Kier alpha value is -1.43. The zero-order valence-electron chi connectivity index (χ0n) is 11.2. The van der Waals surface area contributed by atoms with Crippen LogP contribution in [-0.2, 0) is 15.6 Å². The number of benzene rings is 1. The molecular weight excluding hydrogens is 296 g/mol. The molecule has 1 N–H and O–H groups in total. The van der Waals surface area contributed by atoms with E-state index in [1.807, 2.05) is 6.07 Å². The molecule has 6 heteroatoms. The van der Waals surface area contributed by atoms with Gasteiger partial charge in [-0.1, -0.05) is 23.7 Å². The van der Waals surface area contributed by atoms with Gasteiger partial charge in [0.25, 0.3) is 0 Å². The number of sulfonamides is 1. The maximum atomic E-state index is 12.4. The van der Waals surface area contributed by atoms with Crippen molar-refractivity contribution < 1.29 is 8.42 Å². The maximum absolute atomic E-state index is 12.4. The van der Waals surface area contributed by atoms with Gasteiger partial charge in [-0.25, -0.2) is 8.42 Å². The summed E-state index contributed by atoms with van der Waals surface area (Å²) in [6, 6.07) is 11.5. The van der Waals surface area contributed by atoms with Crippen LogP contribution in [0.1, 0.15) is 19.5 Å². The molecule has 2 aromatic rings. The fraction of sp³-hybridized carbons (Fsp3) is 0.214. The Morgan fingerprint density at radius 3 is 2.50 bits per heavy atom. The molecule has 1 heterocycles. The first-order valence-electron chi connectivity index (χ1n) is 6.02. The van der Waals surface area contributed by atoms with Crippen molar-refractivity contribution in [3.8, 4) is 0 Å². The molecule has 0 atom stereocenters. The molecule has 1 aromatic heterocycles. The highest BCUT2D eigenvalue weighted by molar-refractivity contribution is 7.89. The van der Waals surface area contributed by atoms with Crippen molar-refractivity contribution in [2.45, 2.75) is 24.3 Å². The minimum atomic E-state index is -3.66. The first-order valence-corrected chi connectivity index (χ1v) is 7.88. The molecule has 0 aliphatic heterocycles. The molecule has 0 unspecified atom stereocenters. The van der Waals surface area contributed by atoms with E-state index in [9.17, 15) is 8.42 Å². The highest BCUT2D eigenvalue weighted by Crippen LogP contribution is 2.22. The molecule has 0 aliphatic carbocycles. The molecule has 0 saturated carbocycles. The van der Waals surface area contributed by atoms with Crippen LogP contribution in [0, 0.1) is 0 Å². The van der Waals surface area contributed by atoms with E-state index in [0.717, 1.165) is 0 Å². The normalized spacial score (nSPS) is 12.3. The summed E-state index contributed by atoms with van der Waals surface area (Å²) >= 11 is 5.83. The van der Waals surface area contributed by atoms with Gasteiger partial charge in [0.05, 0.1) is 16.1 Å². The molecule has 20 heavy (non-hydrogen) atoms. The highest BCUT2D eigenvalue weighted by Gasteiger charge is 2.28. The van der Waals surface area contributed by atoms with Crippen molar-refractivity contribution in [3.05, 3.63) is 59.4 Å². The average Bonchev–Trinajstić information content (AvgIpc) is 2.39. The van der Waals surface area contributed by atoms with Crippen LogP contribution in [0.4, 0.5) is 0 Å². The van der Waals surface area contributed by atoms with E-state index >= 15 is 0 Å². The fourth-order valence-corrected chi connectivity index (χ4v) is 3.50. The van der Waals surface area contributed by atoms with Gasteiger partial charge in [-0.3, -0.25) is 4.98 Å². The Morgan fingerprint density at radius 1 is 1.15 bits per heavy atom. The lowest BCUT2D eigenvalue weighted by Crippen LogP contribution is -2.41. The first-order chi connectivity index (χ1) is 9.31. The van der Waals surface area contributed by atoms with Crippen molar-refractivity contribution >= 4 is 21.6 Å². The quantitative estimate of drug-likeness (QED) is 0.944. The molecule has 0 bridgehead atoms. The van der Waals surface area contributed by atoms with Crippen molar-refractivity contribution in [1.29, 1.82) is 0 Å². The third-order valence-corrected chi connectivity index (χ3v) is 4.69. The summed E-state index contributed by atoms with van der Waals surface area (Å²) in [5.41, 5.74) is -0.173. The zero-order valence-corrected chi connectivity index (χ0v) is 12.7. The van der Waals surface area contributed by atoms with Gasteiger partial charge in [0, 0.05) is 11.2 Å². The lowest BCUT2D eigenvalue weighted by molar-refractivity contribution is 0.460. The van der Waals surface area contributed by atoms with Crippen molar-refractivity contribution in [2.24, 2.45) is 0 Å². The standard InChI is InChI=1S/C14H15ClN2O2S/c1-14(2,13-8-3-4-9-16-13)17-20(18,19)12-7-5-6-11(15)10-12/h3-10,17H,1-2H3. The average molecular weight is 311 g/mol. The topological polar surface area (TPSA) is 59.1 Å². The Morgan fingerprint density at radius 2 is 1.90 bits per heavy atom. The van der Waals surface area contributed by atoms with Gasteiger partial charge in [0.1, 0.15) is 0 Å². The van der Waals surface area contributed by atoms with Gasteiger partial charge in [-0.05, 0) is 44.2 Å². The van der Waals surface area contributed by atoms with E-state index in [-0.39, 0.29) is 4.90 Å². The Balaban J connectivity index is 2.33. The molecular formula is C14H15ClN2O2S. The minimum absolute atomic E-state index is 0.133. The largest absolute Gasteiger partial charge is 0.259 e. The predicted molar refractivity (Wildman–Crippen MR) is 79.0 cm³/mol. The van der Waals surface area contributed by atoms with Crippen LogP contribution in [0.5, 0.6) is 0 Å². The van der Waals surface area contributed by atoms with E-state index in [1.165, 1.54) is 12.1 Å². The van der Waals surface area contributed by atoms with Crippen LogP contribution in [0.25, 0.3) is 0 Å². The molecule has 2 rings (SSSR count). The number of nitrogens with zero attached hydrogens (tertiary/aromatic N) is 1. The van der Waals surface area contributed by atoms with E-state index in [2.05, 4.69) is 9.71 Å². The lowest BCUT2D eigenvalue weighted by atomic mass is 10.0. The van der Waals surface area contributed by atoms with Crippen molar-refractivity contribution in [3.63, 3.8) is 0 Å². The van der Waals surface area contributed by atoms with Crippen LogP contribution in [-0.4, -0.2) is 13.4 Å². The van der Waals surface area contributed by atoms with E-state index in [1.54, 1.807) is 44.3 Å². The summed E-state index contributed by atoms with van der Waals surface area (Å²) < 4.78 is 27.4. The third kappa shape index (κ3) is 3.36. The lowest BCUT2D eigenvalue weighted by Gasteiger charge is -2.25. The van der Waals surface area contributed by atoms with Gasteiger partial charge in [0.2, 0.25) is 10.0 Å². The second-order valence-corrected chi connectivity index (χ2v) is 7.02. The molecule has 106 valence electrons. The number of hydrogen-bond acceptors (Lipinski definition) is 3. The number of rotatable bonds is 4. The summed E-state index contributed by atoms with van der Waals surface area (Å²) in [6.07, 6.45) is 1.63. The molecule has 0 amide bonds. The van der Waals surface area contributed by atoms with Crippen LogP contribution in [0.15, 0.2) is 53.6 Å². The summed E-state index contributed by atoms with van der Waals surface area (Å²) in [4.78, 5) is 4.33. The number of nitrogens with one attached hydrogen (secondary N) is 1. The van der Waals surface area contributed by atoms with Crippen LogP contribution >= 0.6 is 11.6 Å². The Labute approximate surface area is 123 Å². The summed E-state index contributed by atoms with van der Waals surface area (Å²) in [5.74, 6) is 0. The molecule has 4 nitrogen and oxygen atoms in total. The molecule has 0 saturated heterocycles. The van der Waals surface area contributed by atoms with E-state index in [0.29, 0.717) is 10.7 Å². The van der Waals surface area contributed by atoms with Gasteiger partial charge < -0.3 is 0 Å². The predicted octanol–water partition coefficient (Wildman–Crippen LogP) is 2.95. The van der Waals surface area contributed by atoms with Gasteiger partial charge in [-0.15, -0.1) is 0 Å². The summed E-state index contributed by atoms with van der Waals surface area (Å²) in [5, 5.41) is 0.378. The number of aromatic nitrogens is 1. The molecule has 0 aliphatic rings. The third-order valence-electron chi connectivity index (χ3n) is 2.80. The number of hydrogen-bond donors (Lipinski definition) is 1. The zero-order chi connectivity index (χ0) is 14.8. The van der Waals surface area contributed by atoms with Crippen LogP contribution in [0.3, 0.4) is 0 Å². The van der Waals surface area contributed by atoms with Crippen LogP contribution < -0.4 is 4.72 Å². The van der Waals surface area contributed by atoms with Crippen molar-refractivity contribution in [1.82, 2.24) is 9.71 Å². The maximum Gasteiger partial charge on any atom is 0.241 e. The SMILES string of the molecule is CC(C)(NS(=O)(=O)c1cccc(Cl)c1)c1ccccn1. The molecule has 0 spiro atoms. The second kappa shape index (κ2) is 5.52. The van der Waals surface area contributed by atoms with E-state index in [4.69, 9.17) is 11.6 Å². The minimum Gasteiger partial charge on any atom is -0.259 e. The molecule has 0 radical (unpaired) electrons. The monoisotopic (exact) mass is 310 g/mol. The number of pyridine rings is 1. The second-order valence-electron chi connectivity index (χ2n) is 4.90.